The van der Waals surface area contributed by atoms with E-state index in [1.807, 2.05) is 6.07 Å². The number of carbonyl (C=O) groups is 1. The molecule has 0 spiro atoms. The van der Waals surface area contributed by atoms with Crippen molar-refractivity contribution >= 4 is 5.91 Å². The maximum Gasteiger partial charge on any atom is 0.217 e. The second kappa shape index (κ2) is 9.04. The lowest BCUT2D eigenvalue weighted by Crippen LogP contribution is -2.31. The molecular weight excluding hydrogens is 382 g/mol. The first kappa shape index (κ1) is 20.7. The largest absolute Gasteiger partial charge is 0.486 e. The predicted octanol–water partition coefficient (Wildman–Crippen LogP) is 2.33. The Morgan fingerprint density at radius 1 is 1.13 bits per heavy atom. The summed E-state index contributed by atoms with van der Waals surface area (Å²) >= 11 is 0. The molecule has 2 aliphatic heterocycles. The number of hydrogen-bond donors (Lipinski definition) is 1. The van der Waals surface area contributed by atoms with Crippen LogP contribution in [0.5, 0.6) is 11.5 Å². The minimum Gasteiger partial charge on any atom is -0.486 e. The van der Waals surface area contributed by atoms with E-state index in [4.69, 9.17) is 9.47 Å². The summed E-state index contributed by atoms with van der Waals surface area (Å²) in [6, 6.07) is 6.09. The van der Waals surface area contributed by atoms with Crippen molar-refractivity contribution < 1.29 is 14.3 Å². The molecule has 2 aliphatic rings. The molecule has 0 bridgehead atoms. The first-order valence-electron chi connectivity index (χ1n) is 10.8. The number of amides is 1. The Balaban J connectivity index is 1.45. The van der Waals surface area contributed by atoms with Gasteiger partial charge in [0.2, 0.25) is 5.91 Å². The van der Waals surface area contributed by atoms with E-state index in [1.54, 1.807) is 6.92 Å². The number of hydrogen-bond acceptors (Lipinski definition) is 6. The molecule has 8 nitrogen and oxygen atoms in total. The molecule has 0 fully saturated rings. The van der Waals surface area contributed by atoms with Crippen molar-refractivity contribution in [2.24, 2.45) is 5.92 Å². The Morgan fingerprint density at radius 3 is 2.70 bits per heavy atom. The number of nitrogens with zero attached hydrogens (tertiary/aromatic N) is 4. The number of benzene rings is 1. The van der Waals surface area contributed by atoms with Gasteiger partial charge in [0.1, 0.15) is 19.0 Å². The molecule has 4 rings (SSSR count). The summed E-state index contributed by atoms with van der Waals surface area (Å²) in [5.74, 6) is 3.94. The molecule has 3 heterocycles. The molecule has 0 unspecified atom stereocenters. The molecule has 0 radical (unpaired) electrons. The lowest BCUT2D eigenvalue weighted by molar-refractivity contribution is -0.119. The zero-order chi connectivity index (χ0) is 21.1. The van der Waals surface area contributed by atoms with Crippen molar-refractivity contribution in [3.8, 4) is 11.5 Å². The Morgan fingerprint density at radius 2 is 1.93 bits per heavy atom. The van der Waals surface area contributed by atoms with E-state index < -0.39 is 0 Å². The normalized spacial score (nSPS) is 17.3. The molecule has 0 saturated carbocycles. The van der Waals surface area contributed by atoms with Gasteiger partial charge in [-0.25, -0.2) is 0 Å². The highest BCUT2D eigenvalue weighted by atomic mass is 16.6. The zero-order valence-electron chi connectivity index (χ0n) is 18.1. The van der Waals surface area contributed by atoms with Gasteiger partial charge in [-0.15, -0.1) is 10.2 Å². The Bertz CT molecular complexity index is 895. The molecule has 1 atom stereocenters. The topological polar surface area (TPSA) is 81.5 Å². The van der Waals surface area contributed by atoms with E-state index in [9.17, 15) is 4.79 Å². The van der Waals surface area contributed by atoms with Crippen LogP contribution in [0.15, 0.2) is 18.2 Å². The van der Waals surface area contributed by atoms with Crippen molar-refractivity contribution in [2.75, 3.05) is 26.3 Å². The highest BCUT2D eigenvalue weighted by molar-refractivity contribution is 5.73. The van der Waals surface area contributed by atoms with Crippen molar-refractivity contribution in [2.45, 2.75) is 52.7 Å². The van der Waals surface area contributed by atoms with Crippen LogP contribution in [-0.4, -0.2) is 51.9 Å². The van der Waals surface area contributed by atoms with Gasteiger partial charge in [0.25, 0.3) is 0 Å². The number of aromatic nitrogens is 3. The number of ether oxygens (including phenoxy) is 2. The van der Waals surface area contributed by atoms with E-state index in [2.05, 4.69) is 51.0 Å². The summed E-state index contributed by atoms with van der Waals surface area (Å²) in [6.45, 7) is 10.6. The summed E-state index contributed by atoms with van der Waals surface area (Å²) in [5.41, 5.74) is 1.22. The highest BCUT2D eigenvalue weighted by Crippen LogP contribution is 2.31. The quantitative estimate of drug-likeness (QED) is 0.783. The van der Waals surface area contributed by atoms with Crippen LogP contribution in [0.25, 0.3) is 0 Å². The summed E-state index contributed by atoms with van der Waals surface area (Å²) in [4.78, 5) is 14.2. The van der Waals surface area contributed by atoms with Gasteiger partial charge in [0, 0.05) is 39.5 Å². The van der Waals surface area contributed by atoms with Crippen LogP contribution in [0.3, 0.4) is 0 Å². The van der Waals surface area contributed by atoms with Crippen LogP contribution in [0.1, 0.15) is 50.4 Å². The summed E-state index contributed by atoms with van der Waals surface area (Å²) < 4.78 is 13.5. The summed E-state index contributed by atoms with van der Waals surface area (Å²) in [5, 5.41) is 12.0. The Labute approximate surface area is 177 Å². The molecule has 2 aromatic rings. The first-order valence-corrected chi connectivity index (χ1v) is 10.8. The van der Waals surface area contributed by atoms with Gasteiger partial charge in [-0.2, -0.15) is 0 Å². The van der Waals surface area contributed by atoms with Crippen LogP contribution < -0.4 is 14.8 Å². The maximum absolute atomic E-state index is 11.7. The number of carbonyl (C=O) groups excluding carboxylic acids is 1. The fourth-order valence-electron chi connectivity index (χ4n) is 4.19. The van der Waals surface area contributed by atoms with Gasteiger partial charge in [0.15, 0.2) is 17.3 Å². The van der Waals surface area contributed by atoms with Crippen LogP contribution in [0, 0.1) is 5.92 Å². The van der Waals surface area contributed by atoms with Crippen molar-refractivity contribution in [1.82, 2.24) is 25.0 Å². The third-order valence-corrected chi connectivity index (χ3v) is 5.56. The van der Waals surface area contributed by atoms with Crippen LogP contribution in [0.2, 0.25) is 0 Å². The maximum atomic E-state index is 11.7. The Kier molecular flexibility index (Phi) is 6.22. The van der Waals surface area contributed by atoms with E-state index in [0.29, 0.717) is 19.1 Å². The minimum atomic E-state index is -0.104. The molecule has 1 N–H and O–H groups in total. The average Bonchev–Trinajstić information content (AvgIpc) is 3.01. The van der Waals surface area contributed by atoms with Crippen LogP contribution >= 0.6 is 0 Å². The summed E-state index contributed by atoms with van der Waals surface area (Å²) in [6.07, 6.45) is 1.69. The molecule has 0 saturated heterocycles. The Hall–Kier alpha value is -2.61. The monoisotopic (exact) mass is 413 g/mol. The second-order valence-electron chi connectivity index (χ2n) is 8.51. The van der Waals surface area contributed by atoms with E-state index in [-0.39, 0.29) is 11.9 Å². The predicted molar refractivity (Wildman–Crippen MR) is 112 cm³/mol. The number of fused-ring (bicyclic) bond motifs is 2. The lowest BCUT2D eigenvalue weighted by atomic mass is 10.0. The van der Waals surface area contributed by atoms with Gasteiger partial charge in [-0.05, 0) is 30.0 Å². The third kappa shape index (κ3) is 4.75. The highest BCUT2D eigenvalue weighted by Gasteiger charge is 2.25. The number of rotatable bonds is 6. The molecule has 162 valence electrons. The van der Waals surface area contributed by atoms with Gasteiger partial charge < -0.3 is 19.4 Å². The van der Waals surface area contributed by atoms with Crippen molar-refractivity contribution in [1.29, 1.82) is 0 Å². The van der Waals surface area contributed by atoms with Gasteiger partial charge in [-0.3, -0.25) is 9.69 Å². The second-order valence-corrected chi connectivity index (χ2v) is 8.51. The SMILES string of the molecule is CC(=O)N[C@H](CC(C)C)c1nnc2n1CCN(Cc1ccc3c(c1)OCCO3)CC2. The molecule has 1 aromatic carbocycles. The standard InChI is InChI=1S/C22H31N5O3/c1-15(2)12-18(23-16(3)28)22-25-24-21-6-7-26(8-9-27(21)22)14-17-4-5-19-20(13-17)30-11-10-29-19/h4-5,13,15,18H,6-12,14H2,1-3H3,(H,23,28)/t18-/m1/s1. The van der Waals surface area contributed by atoms with E-state index >= 15 is 0 Å². The van der Waals surface area contributed by atoms with Crippen molar-refractivity contribution in [3.05, 3.63) is 35.4 Å². The van der Waals surface area contributed by atoms with Gasteiger partial charge in [0.05, 0.1) is 6.04 Å². The molecule has 1 aromatic heterocycles. The van der Waals surface area contributed by atoms with E-state index in [1.165, 1.54) is 5.56 Å². The lowest BCUT2D eigenvalue weighted by Gasteiger charge is -2.23. The van der Waals surface area contributed by atoms with Crippen molar-refractivity contribution in [3.63, 3.8) is 0 Å². The molecular formula is C22H31N5O3. The zero-order valence-corrected chi connectivity index (χ0v) is 18.1. The van der Waals surface area contributed by atoms with Gasteiger partial charge in [-0.1, -0.05) is 19.9 Å². The molecule has 1 amide bonds. The molecule has 30 heavy (non-hydrogen) atoms. The molecule has 0 aliphatic carbocycles. The van der Waals surface area contributed by atoms with Crippen LogP contribution in [0.4, 0.5) is 0 Å². The fraction of sp³-hybridized carbons (Fsp3) is 0.591. The fourth-order valence-corrected chi connectivity index (χ4v) is 4.19. The minimum absolute atomic E-state index is 0.0353. The van der Waals surface area contributed by atoms with Gasteiger partial charge >= 0.3 is 0 Å². The average molecular weight is 414 g/mol. The first-order chi connectivity index (χ1) is 14.5. The summed E-state index contributed by atoms with van der Waals surface area (Å²) in [7, 11) is 0. The van der Waals surface area contributed by atoms with Crippen LogP contribution in [-0.2, 0) is 24.3 Å². The number of nitrogens with one attached hydrogen (secondary N) is 1. The third-order valence-electron chi connectivity index (χ3n) is 5.56. The van der Waals surface area contributed by atoms with E-state index in [0.717, 1.165) is 62.2 Å². The molecule has 8 heteroatoms. The smallest absolute Gasteiger partial charge is 0.217 e.